The number of nitrogens with one attached hydrogen (secondary N) is 1. The van der Waals surface area contributed by atoms with E-state index in [1.54, 1.807) is 19.1 Å². The molecule has 0 radical (unpaired) electrons. The van der Waals surface area contributed by atoms with Crippen LogP contribution in [0.5, 0.6) is 0 Å². The number of hydrogen-bond donors (Lipinski definition) is 1. The number of hydrogen-bond acceptors (Lipinski definition) is 3. The summed E-state index contributed by atoms with van der Waals surface area (Å²) in [6, 6.07) is 18.7. The van der Waals surface area contributed by atoms with Crippen molar-refractivity contribution in [2.75, 3.05) is 5.01 Å². The fourth-order valence-corrected chi connectivity index (χ4v) is 2.51. The van der Waals surface area contributed by atoms with Gasteiger partial charge < -0.3 is 5.32 Å². The molecule has 1 aliphatic rings. The maximum atomic E-state index is 12.5. The van der Waals surface area contributed by atoms with Crippen molar-refractivity contribution < 1.29 is 9.59 Å². The lowest BCUT2D eigenvalue weighted by molar-refractivity contribution is -0.130. The molecule has 116 valence electrons. The summed E-state index contributed by atoms with van der Waals surface area (Å²) in [5.74, 6) is -1.50. The Labute approximate surface area is 134 Å². The summed E-state index contributed by atoms with van der Waals surface area (Å²) in [5, 5.41) is 8.34. The first-order chi connectivity index (χ1) is 11.2. The Hall–Kier alpha value is -2.95. The van der Waals surface area contributed by atoms with Crippen LogP contribution in [0, 0.1) is 5.92 Å². The van der Waals surface area contributed by atoms with Crippen molar-refractivity contribution >= 4 is 23.2 Å². The molecular weight excluding hydrogens is 290 g/mol. The number of hydrazone groups is 1. The molecule has 0 spiro atoms. The molecule has 1 heterocycles. The molecule has 0 aromatic heterocycles. The average Bonchev–Trinajstić information content (AvgIpc) is 2.89. The first kappa shape index (κ1) is 15.0. The van der Waals surface area contributed by atoms with Crippen molar-refractivity contribution in [1.82, 2.24) is 5.32 Å². The molecule has 2 amide bonds. The summed E-state index contributed by atoms with van der Waals surface area (Å²) in [6.07, 6.45) is 0. The lowest BCUT2D eigenvalue weighted by atomic mass is 10.0. The van der Waals surface area contributed by atoms with E-state index < -0.39 is 5.92 Å². The largest absolute Gasteiger partial charge is 0.351 e. The summed E-state index contributed by atoms with van der Waals surface area (Å²) in [7, 11) is 0. The molecule has 0 fully saturated rings. The van der Waals surface area contributed by atoms with Crippen LogP contribution in [0.2, 0.25) is 0 Å². The first-order valence-electron chi connectivity index (χ1n) is 7.42. The van der Waals surface area contributed by atoms with Gasteiger partial charge >= 0.3 is 0 Å². The standard InChI is InChI=1S/C18H17N3O2/c1-13-16(17(22)19-12-14-8-4-2-5-9-14)18(23)21(20-13)15-10-6-3-7-11-15/h2-11,16H,12H2,1H3,(H,19,22). The van der Waals surface area contributed by atoms with Crippen LogP contribution >= 0.6 is 0 Å². The highest BCUT2D eigenvalue weighted by molar-refractivity contribution is 6.26. The Morgan fingerprint density at radius 3 is 2.35 bits per heavy atom. The highest BCUT2D eigenvalue weighted by Crippen LogP contribution is 2.23. The highest BCUT2D eigenvalue weighted by Gasteiger charge is 2.39. The molecule has 0 bridgehead atoms. The van der Waals surface area contributed by atoms with E-state index in [9.17, 15) is 9.59 Å². The van der Waals surface area contributed by atoms with E-state index in [1.807, 2.05) is 48.5 Å². The zero-order valence-electron chi connectivity index (χ0n) is 12.8. The number of nitrogens with zero attached hydrogens (tertiary/aromatic N) is 2. The van der Waals surface area contributed by atoms with Crippen LogP contribution in [0.3, 0.4) is 0 Å². The van der Waals surface area contributed by atoms with Gasteiger partial charge in [-0.15, -0.1) is 0 Å². The average molecular weight is 307 g/mol. The molecular formula is C18H17N3O2. The third-order valence-corrected chi connectivity index (χ3v) is 3.70. The van der Waals surface area contributed by atoms with Crippen molar-refractivity contribution in [3.8, 4) is 0 Å². The van der Waals surface area contributed by atoms with Gasteiger partial charge in [-0.3, -0.25) is 9.59 Å². The van der Waals surface area contributed by atoms with Gasteiger partial charge in [-0.25, -0.2) is 0 Å². The lowest BCUT2D eigenvalue weighted by Gasteiger charge is -2.14. The number of carbonyl (C=O) groups is 2. The van der Waals surface area contributed by atoms with E-state index in [1.165, 1.54) is 5.01 Å². The van der Waals surface area contributed by atoms with Gasteiger partial charge in [0.05, 0.1) is 11.4 Å². The third-order valence-electron chi connectivity index (χ3n) is 3.70. The number of rotatable bonds is 4. The van der Waals surface area contributed by atoms with E-state index in [4.69, 9.17) is 0 Å². The molecule has 2 aromatic rings. The fraction of sp³-hybridized carbons (Fsp3) is 0.167. The second-order valence-electron chi connectivity index (χ2n) is 5.36. The molecule has 5 heteroatoms. The fourth-order valence-electron chi connectivity index (χ4n) is 2.51. The van der Waals surface area contributed by atoms with Crippen LogP contribution in [-0.4, -0.2) is 17.5 Å². The predicted molar refractivity (Wildman–Crippen MR) is 88.8 cm³/mol. The molecule has 0 saturated carbocycles. The molecule has 0 aliphatic carbocycles. The Bertz CT molecular complexity index is 741. The quantitative estimate of drug-likeness (QED) is 0.881. The second kappa shape index (κ2) is 6.44. The van der Waals surface area contributed by atoms with Crippen molar-refractivity contribution in [2.45, 2.75) is 13.5 Å². The number of benzene rings is 2. The zero-order valence-corrected chi connectivity index (χ0v) is 12.8. The van der Waals surface area contributed by atoms with E-state index in [2.05, 4.69) is 10.4 Å². The van der Waals surface area contributed by atoms with Crippen LogP contribution in [0.4, 0.5) is 5.69 Å². The number of amides is 2. The van der Waals surface area contributed by atoms with Crippen molar-refractivity contribution in [3.63, 3.8) is 0 Å². The van der Waals surface area contributed by atoms with E-state index in [-0.39, 0.29) is 11.8 Å². The maximum absolute atomic E-state index is 12.5. The van der Waals surface area contributed by atoms with E-state index in [0.29, 0.717) is 17.9 Å². The summed E-state index contributed by atoms with van der Waals surface area (Å²) in [4.78, 5) is 24.9. The van der Waals surface area contributed by atoms with Crippen molar-refractivity contribution in [3.05, 3.63) is 66.2 Å². The molecule has 3 rings (SSSR count). The summed E-state index contributed by atoms with van der Waals surface area (Å²) in [6.45, 7) is 2.09. The van der Waals surface area contributed by atoms with Gasteiger partial charge in [0.15, 0.2) is 5.92 Å². The summed E-state index contributed by atoms with van der Waals surface area (Å²) in [5.41, 5.74) is 2.15. The van der Waals surface area contributed by atoms with Crippen LogP contribution in [0.25, 0.3) is 0 Å². The second-order valence-corrected chi connectivity index (χ2v) is 5.36. The van der Waals surface area contributed by atoms with Gasteiger partial charge in [-0.1, -0.05) is 48.5 Å². The lowest BCUT2D eigenvalue weighted by Crippen LogP contribution is -2.39. The Morgan fingerprint density at radius 2 is 1.70 bits per heavy atom. The van der Waals surface area contributed by atoms with Crippen molar-refractivity contribution in [2.24, 2.45) is 11.0 Å². The third kappa shape index (κ3) is 3.13. The summed E-state index contributed by atoms with van der Waals surface area (Å²) < 4.78 is 0. The zero-order chi connectivity index (χ0) is 16.2. The molecule has 1 unspecified atom stereocenters. The minimum atomic E-state index is -0.862. The van der Waals surface area contributed by atoms with Crippen LogP contribution in [-0.2, 0) is 16.1 Å². The molecule has 23 heavy (non-hydrogen) atoms. The minimum Gasteiger partial charge on any atom is -0.351 e. The molecule has 2 aromatic carbocycles. The van der Waals surface area contributed by atoms with Gasteiger partial charge in [0, 0.05) is 6.54 Å². The first-order valence-corrected chi connectivity index (χ1v) is 7.42. The van der Waals surface area contributed by atoms with Gasteiger partial charge in [-0.05, 0) is 24.6 Å². The van der Waals surface area contributed by atoms with Gasteiger partial charge in [0.1, 0.15) is 0 Å². The molecule has 1 N–H and O–H groups in total. The highest BCUT2D eigenvalue weighted by atomic mass is 16.2. The minimum absolute atomic E-state index is 0.320. The summed E-state index contributed by atoms with van der Waals surface area (Å²) >= 11 is 0. The Balaban J connectivity index is 1.70. The SMILES string of the molecule is CC1=NN(c2ccccc2)C(=O)C1C(=O)NCc1ccccc1. The van der Waals surface area contributed by atoms with E-state index in [0.717, 1.165) is 5.56 Å². The molecule has 5 nitrogen and oxygen atoms in total. The van der Waals surface area contributed by atoms with E-state index >= 15 is 0 Å². The van der Waals surface area contributed by atoms with Gasteiger partial charge in [-0.2, -0.15) is 10.1 Å². The van der Waals surface area contributed by atoms with Gasteiger partial charge in [0.25, 0.3) is 5.91 Å². The number of carbonyl (C=O) groups excluding carboxylic acids is 2. The molecule has 0 saturated heterocycles. The molecule has 1 atom stereocenters. The Kier molecular flexibility index (Phi) is 4.19. The molecule has 1 aliphatic heterocycles. The Morgan fingerprint density at radius 1 is 1.09 bits per heavy atom. The topological polar surface area (TPSA) is 61.8 Å². The van der Waals surface area contributed by atoms with Crippen LogP contribution < -0.4 is 10.3 Å². The van der Waals surface area contributed by atoms with Crippen molar-refractivity contribution in [1.29, 1.82) is 0 Å². The van der Waals surface area contributed by atoms with Crippen LogP contribution in [0.15, 0.2) is 65.8 Å². The maximum Gasteiger partial charge on any atom is 0.265 e. The normalized spacial score (nSPS) is 17.1. The number of anilines is 1. The van der Waals surface area contributed by atoms with Gasteiger partial charge in [0.2, 0.25) is 5.91 Å². The smallest absolute Gasteiger partial charge is 0.265 e. The predicted octanol–water partition coefficient (Wildman–Crippen LogP) is 2.34. The van der Waals surface area contributed by atoms with Crippen LogP contribution in [0.1, 0.15) is 12.5 Å². The monoisotopic (exact) mass is 307 g/mol. The number of para-hydroxylation sites is 1.